The molecule has 0 bridgehead atoms. The maximum Gasteiger partial charge on any atom is 0.253 e. The van der Waals surface area contributed by atoms with Gasteiger partial charge >= 0.3 is 0 Å². The molecule has 0 aliphatic carbocycles. The Morgan fingerprint density at radius 2 is 1.88 bits per heavy atom. The Labute approximate surface area is 153 Å². The van der Waals surface area contributed by atoms with Gasteiger partial charge in [-0.2, -0.15) is 0 Å². The van der Waals surface area contributed by atoms with Crippen molar-refractivity contribution in [2.24, 2.45) is 0 Å². The molecule has 1 saturated heterocycles. The van der Waals surface area contributed by atoms with Gasteiger partial charge < -0.3 is 14.6 Å². The van der Waals surface area contributed by atoms with E-state index >= 15 is 0 Å². The van der Waals surface area contributed by atoms with E-state index in [9.17, 15) is 4.79 Å². The third-order valence-electron chi connectivity index (χ3n) is 5.45. The molecule has 1 amide bonds. The first kappa shape index (κ1) is 16.7. The van der Waals surface area contributed by atoms with Crippen LogP contribution in [0.2, 0.25) is 0 Å². The number of likely N-dealkylation sites (tertiary alicyclic amines) is 1. The quantitative estimate of drug-likeness (QED) is 0.757. The zero-order valence-electron chi connectivity index (χ0n) is 15.3. The molecule has 1 fully saturated rings. The summed E-state index contributed by atoms with van der Waals surface area (Å²) >= 11 is 0. The molecular formula is C22H24N2O2. The summed E-state index contributed by atoms with van der Waals surface area (Å²) in [5, 5.41) is 1.32. The van der Waals surface area contributed by atoms with E-state index in [4.69, 9.17) is 4.74 Å². The predicted octanol–water partition coefficient (Wildman–Crippen LogP) is 4.50. The van der Waals surface area contributed by atoms with Crippen LogP contribution >= 0.6 is 0 Å². The van der Waals surface area contributed by atoms with E-state index in [1.54, 1.807) is 7.11 Å². The van der Waals surface area contributed by atoms with Crippen molar-refractivity contribution in [2.45, 2.75) is 25.7 Å². The van der Waals surface area contributed by atoms with Gasteiger partial charge in [0.1, 0.15) is 5.75 Å². The number of hydrogen-bond donors (Lipinski definition) is 1. The van der Waals surface area contributed by atoms with Crippen molar-refractivity contribution in [3.63, 3.8) is 0 Å². The average Bonchev–Trinajstić information content (AvgIpc) is 3.03. The van der Waals surface area contributed by atoms with Crippen LogP contribution in [-0.2, 0) is 0 Å². The summed E-state index contributed by atoms with van der Waals surface area (Å²) < 4.78 is 5.24. The monoisotopic (exact) mass is 348 g/mol. The van der Waals surface area contributed by atoms with E-state index in [2.05, 4.69) is 36.2 Å². The summed E-state index contributed by atoms with van der Waals surface area (Å²) in [6.45, 7) is 3.74. The molecule has 1 aliphatic rings. The lowest BCUT2D eigenvalue weighted by atomic mass is 9.87. The molecule has 1 aromatic heterocycles. The second-order valence-electron chi connectivity index (χ2n) is 7.01. The number of rotatable bonds is 3. The van der Waals surface area contributed by atoms with Gasteiger partial charge in [-0.3, -0.25) is 4.79 Å². The van der Waals surface area contributed by atoms with Gasteiger partial charge in [-0.15, -0.1) is 0 Å². The van der Waals surface area contributed by atoms with Crippen LogP contribution in [-0.4, -0.2) is 36.0 Å². The van der Waals surface area contributed by atoms with Gasteiger partial charge in [0.05, 0.1) is 7.11 Å². The van der Waals surface area contributed by atoms with Crippen molar-refractivity contribution in [1.82, 2.24) is 9.88 Å². The normalized spacial score (nSPS) is 15.4. The summed E-state index contributed by atoms with van der Waals surface area (Å²) in [6.07, 6.45) is 2.00. The second-order valence-corrected chi connectivity index (χ2v) is 7.01. The third-order valence-corrected chi connectivity index (χ3v) is 5.45. The molecule has 0 spiro atoms. The van der Waals surface area contributed by atoms with Gasteiger partial charge in [-0.1, -0.05) is 24.3 Å². The van der Waals surface area contributed by atoms with Crippen molar-refractivity contribution >= 4 is 16.8 Å². The molecule has 4 nitrogen and oxygen atoms in total. The van der Waals surface area contributed by atoms with E-state index in [1.807, 2.05) is 29.2 Å². The molecule has 0 atom stereocenters. The number of aromatic amines is 1. The van der Waals surface area contributed by atoms with Crippen LogP contribution in [0.25, 0.3) is 10.9 Å². The first-order valence-corrected chi connectivity index (χ1v) is 9.18. The van der Waals surface area contributed by atoms with Gasteiger partial charge in [0.15, 0.2) is 0 Å². The highest BCUT2D eigenvalue weighted by molar-refractivity contribution is 5.94. The van der Waals surface area contributed by atoms with Crippen molar-refractivity contribution in [3.8, 4) is 5.75 Å². The Morgan fingerprint density at radius 1 is 1.12 bits per heavy atom. The van der Waals surface area contributed by atoms with Crippen LogP contribution in [0.5, 0.6) is 5.75 Å². The lowest BCUT2D eigenvalue weighted by molar-refractivity contribution is 0.0713. The number of amides is 1. The molecule has 3 aromatic rings. The summed E-state index contributed by atoms with van der Waals surface area (Å²) in [7, 11) is 1.62. The lowest BCUT2D eigenvalue weighted by Gasteiger charge is -2.32. The number of aryl methyl sites for hydroxylation is 1. The van der Waals surface area contributed by atoms with Gasteiger partial charge in [0.2, 0.25) is 0 Å². The Hall–Kier alpha value is -2.75. The molecule has 0 radical (unpaired) electrons. The number of piperidine rings is 1. The number of fused-ring (bicyclic) bond motifs is 1. The Kier molecular flexibility index (Phi) is 4.41. The number of benzene rings is 2. The number of H-pyrrole nitrogens is 1. The van der Waals surface area contributed by atoms with E-state index in [0.29, 0.717) is 11.5 Å². The minimum atomic E-state index is 0.0954. The molecule has 1 N–H and O–H groups in total. The molecule has 2 heterocycles. The van der Waals surface area contributed by atoms with Crippen LogP contribution in [0, 0.1) is 6.92 Å². The maximum absolute atomic E-state index is 12.8. The van der Waals surface area contributed by atoms with E-state index < -0.39 is 0 Å². The number of nitrogens with zero attached hydrogens (tertiary/aromatic N) is 1. The van der Waals surface area contributed by atoms with Gasteiger partial charge in [-0.25, -0.2) is 0 Å². The van der Waals surface area contributed by atoms with Gasteiger partial charge in [0, 0.05) is 35.2 Å². The van der Waals surface area contributed by atoms with Crippen molar-refractivity contribution in [2.75, 3.05) is 20.2 Å². The molecule has 4 heteroatoms. The standard InChI is InChI=1S/C22H24N2O2/c1-15-21(19-8-3-4-9-20(19)23-15)16-10-12-24(13-11-16)22(25)17-6-5-7-18(14-17)26-2/h3-9,14,16,23H,10-13H2,1-2H3. The zero-order valence-corrected chi connectivity index (χ0v) is 15.3. The molecule has 134 valence electrons. The zero-order chi connectivity index (χ0) is 18.1. The third kappa shape index (κ3) is 2.96. The Balaban J connectivity index is 1.50. The lowest BCUT2D eigenvalue weighted by Crippen LogP contribution is -2.38. The van der Waals surface area contributed by atoms with Crippen LogP contribution < -0.4 is 4.74 Å². The second kappa shape index (κ2) is 6.87. The number of ether oxygens (including phenoxy) is 1. The molecule has 0 unspecified atom stereocenters. The minimum Gasteiger partial charge on any atom is -0.497 e. The molecule has 1 aliphatic heterocycles. The molecule has 4 rings (SSSR count). The summed E-state index contributed by atoms with van der Waals surface area (Å²) in [5.41, 5.74) is 4.58. The largest absolute Gasteiger partial charge is 0.497 e. The van der Waals surface area contributed by atoms with Gasteiger partial charge in [0.25, 0.3) is 5.91 Å². The first-order chi connectivity index (χ1) is 12.7. The fourth-order valence-corrected chi connectivity index (χ4v) is 4.13. The van der Waals surface area contributed by atoms with E-state index in [0.717, 1.165) is 31.7 Å². The van der Waals surface area contributed by atoms with Crippen molar-refractivity contribution < 1.29 is 9.53 Å². The number of carbonyl (C=O) groups is 1. The number of aromatic nitrogens is 1. The van der Waals surface area contributed by atoms with Crippen molar-refractivity contribution in [3.05, 3.63) is 65.4 Å². The highest BCUT2D eigenvalue weighted by atomic mass is 16.5. The Morgan fingerprint density at radius 3 is 2.65 bits per heavy atom. The van der Waals surface area contributed by atoms with Crippen LogP contribution in [0.3, 0.4) is 0 Å². The van der Waals surface area contributed by atoms with Crippen LogP contribution in [0.4, 0.5) is 0 Å². The molecule has 0 saturated carbocycles. The number of para-hydroxylation sites is 1. The maximum atomic E-state index is 12.8. The number of nitrogens with one attached hydrogen (secondary N) is 1. The van der Waals surface area contributed by atoms with Gasteiger partial charge in [-0.05, 0) is 55.5 Å². The summed E-state index contributed by atoms with van der Waals surface area (Å²) in [6, 6.07) is 15.9. The van der Waals surface area contributed by atoms with Crippen LogP contribution in [0.15, 0.2) is 48.5 Å². The summed E-state index contributed by atoms with van der Waals surface area (Å²) in [4.78, 5) is 18.3. The fraction of sp³-hybridized carbons (Fsp3) is 0.318. The molecular weight excluding hydrogens is 324 g/mol. The Bertz CT molecular complexity index is 936. The fourth-order valence-electron chi connectivity index (χ4n) is 4.13. The van der Waals surface area contributed by atoms with Crippen LogP contribution in [0.1, 0.15) is 40.4 Å². The highest BCUT2D eigenvalue weighted by Gasteiger charge is 2.27. The number of methoxy groups -OCH3 is 1. The number of carbonyl (C=O) groups excluding carboxylic acids is 1. The average molecular weight is 348 g/mol. The predicted molar refractivity (Wildman–Crippen MR) is 104 cm³/mol. The van der Waals surface area contributed by atoms with E-state index in [-0.39, 0.29) is 5.91 Å². The smallest absolute Gasteiger partial charge is 0.253 e. The number of hydrogen-bond acceptors (Lipinski definition) is 2. The van der Waals surface area contributed by atoms with Crippen molar-refractivity contribution in [1.29, 1.82) is 0 Å². The van der Waals surface area contributed by atoms with E-state index in [1.165, 1.54) is 22.2 Å². The first-order valence-electron chi connectivity index (χ1n) is 9.18. The molecule has 2 aromatic carbocycles. The molecule has 26 heavy (non-hydrogen) atoms. The SMILES string of the molecule is COc1cccc(C(=O)N2CCC(c3c(C)[nH]c4ccccc34)CC2)c1. The minimum absolute atomic E-state index is 0.0954. The topological polar surface area (TPSA) is 45.3 Å². The summed E-state index contributed by atoms with van der Waals surface area (Å²) in [5.74, 6) is 1.32. The highest BCUT2D eigenvalue weighted by Crippen LogP contribution is 2.35.